The van der Waals surface area contributed by atoms with E-state index < -0.39 is 0 Å². The molecule has 8 aliphatic rings. The minimum Gasteiger partial charge on any atom is -0.490 e. The average molecular weight is 818 g/mol. The van der Waals surface area contributed by atoms with Crippen molar-refractivity contribution in [2.75, 3.05) is 19.7 Å². The first-order chi connectivity index (χ1) is 28.7. The van der Waals surface area contributed by atoms with Gasteiger partial charge in [0.25, 0.3) is 0 Å². The Morgan fingerprint density at radius 3 is 1.93 bits per heavy atom. The highest BCUT2D eigenvalue weighted by atomic mass is 16.5. The lowest BCUT2D eigenvalue weighted by atomic mass is 9.40. The predicted molar refractivity (Wildman–Crippen MR) is 253 cm³/mol. The van der Waals surface area contributed by atoms with E-state index in [0.29, 0.717) is 22.2 Å². The van der Waals surface area contributed by atoms with E-state index in [1.54, 1.807) is 18.4 Å². The molecule has 0 spiro atoms. The van der Waals surface area contributed by atoms with Crippen LogP contribution in [0.5, 0.6) is 0 Å². The Hall–Kier alpha value is -1.54. The van der Waals surface area contributed by atoms with Gasteiger partial charge < -0.3 is 4.74 Å². The first-order valence-electron chi connectivity index (χ1n) is 26.5. The molecule has 7 fully saturated rings. The van der Waals surface area contributed by atoms with Gasteiger partial charge in [0.1, 0.15) is 12.4 Å². The Morgan fingerprint density at radius 1 is 0.633 bits per heavy atom. The van der Waals surface area contributed by atoms with Gasteiger partial charge in [0.2, 0.25) is 0 Å². The summed E-state index contributed by atoms with van der Waals surface area (Å²) >= 11 is 0. The average Bonchev–Trinajstić information content (AvgIpc) is 3.69. The van der Waals surface area contributed by atoms with Crippen LogP contribution in [0.25, 0.3) is 0 Å². The van der Waals surface area contributed by atoms with E-state index in [1.165, 1.54) is 121 Å². The number of likely N-dealkylation sites (tertiary alicyclic amines) is 1. The zero-order chi connectivity index (χ0) is 42.0. The van der Waals surface area contributed by atoms with Crippen molar-refractivity contribution in [2.45, 2.75) is 178 Å². The van der Waals surface area contributed by atoms with Gasteiger partial charge in [0.15, 0.2) is 0 Å². The first-order valence-corrected chi connectivity index (χ1v) is 26.5. The highest BCUT2D eigenvalue weighted by Crippen LogP contribution is 2.74. The van der Waals surface area contributed by atoms with Crippen molar-refractivity contribution in [1.82, 2.24) is 4.90 Å². The van der Waals surface area contributed by atoms with E-state index in [1.807, 2.05) is 0 Å². The molecule has 9 rings (SSSR count). The lowest BCUT2D eigenvalue weighted by Crippen LogP contribution is -2.57. The summed E-state index contributed by atoms with van der Waals surface area (Å²) in [6.07, 6.45) is 29.1. The van der Waals surface area contributed by atoms with Gasteiger partial charge >= 0.3 is 0 Å². The molecule has 0 N–H and O–H groups in total. The standard InChI is InChI=1S/C58H91NO/c1-38-25-46(20-24-59(35-38)36-44-13-11-10-12-14-44)33-51-41(4)28-48(29-42(51)5)34-52-39(2)26-47(27-40(52)3)31-45-17-21-56(7)50(32-45)15-16-55-54(56)19-23-57(8)53(18-22-58(55,57)9)49-30-43(6)60-37-49/h10-14,30,38-42,45-48,50-55H,6,15-29,31-37H2,1-5,7-9H3/t38?,39-,40+,41-,42+,45?,46?,47?,48?,50?,51?,52?,53-,54?,55?,56+,57-,58-/m1/s1. The van der Waals surface area contributed by atoms with Crippen molar-refractivity contribution in [1.29, 1.82) is 0 Å². The highest BCUT2D eigenvalue weighted by molar-refractivity contribution is 5.30. The van der Waals surface area contributed by atoms with Crippen molar-refractivity contribution in [3.05, 3.63) is 59.9 Å². The van der Waals surface area contributed by atoms with Crippen LogP contribution < -0.4 is 0 Å². The van der Waals surface area contributed by atoms with Gasteiger partial charge in [-0.1, -0.05) is 92.3 Å². The lowest BCUT2D eigenvalue weighted by Gasteiger charge is -2.65. The van der Waals surface area contributed by atoms with Crippen LogP contribution in [-0.2, 0) is 11.3 Å². The van der Waals surface area contributed by atoms with E-state index in [-0.39, 0.29) is 0 Å². The van der Waals surface area contributed by atoms with Crippen molar-refractivity contribution in [3.8, 4) is 0 Å². The van der Waals surface area contributed by atoms with Crippen molar-refractivity contribution in [2.24, 2.45) is 105 Å². The highest BCUT2D eigenvalue weighted by Gasteiger charge is 2.66. The third kappa shape index (κ3) is 8.32. The van der Waals surface area contributed by atoms with Crippen LogP contribution >= 0.6 is 0 Å². The Kier molecular flexibility index (Phi) is 12.7. The molecule has 0 aromatic heterocycles. The summed E-state index contributed by atoms with van der Waals surface area (Å²) in [5.41, 5.74) is 4.54. The number of rotatable bonds is 9. The van der Waals surface area contributed by atoms with Crippen LogP contribution in [0, 0.1) is 105 Å². The smallest absolute Gasteiger partial charge is 0.112 e. The molecule has 2 heteroatoms. The Bertz CT molecular complexity index is 1640. The molecule has 60 heavy (non-hydrogen) atoms. The minimum atomic E-state index is 0.427. The van der Waals surface area contributed by atoms with E-state index >= 15 is 0 Å². The van der Waals surface area contributed by atoms with Gasteiger partial charge in [0, 0.05) is 13.1 Å². The molecule has 1 aromatic carbocycles. The van der Waals surface area contributed by atoms with Crippen LogP contribution in [-0.4, -0.2) is 24.6 Å². The SMILES string of the molecule is C=C1C=C([C@H]2CC[C@]3(C)C4CCC5CC(CC6C[C@@H](C)C(CC7C[C@@H](C)C(CC8CCN(Cc9ccccc9)CC(C)C8)[C@@H](C)C7)[C@@H](C)C6)CC[C@]5(C)C4CC[C@]23C)CO1. The molecule has 0 amide bonds. The quantitative estimate of drug-likeness (QED) is 0.246. The summed E-state index contributed by atoms with van der Waals surface area (Å²) in [5, 5.41) is 0. The van der Waals surface area contributed by atoms with E-state index in [2.05, 4.69) is 103 Å². The fraction of sp³-hybridized carbons (Fsp3) is 0.828. The molecule has 2 nitrogen and oxygen atoms in total. The van der Waals surface area contributed by atoms with Gasteiger partial charge in [-0.2, -0.15) is 0 Å². The number of nitrogens with zero attached hydrogens (tertiary/aromatic N) is 1. The first kappa shape index (κ1) is 43.7. The third-order valence-electron chi connectivity index (χ3n) is 21.9. The summed E-state index contributed by atoms with van der Waals surface area (Å²) < 4.78 is 5.90. The maximum Gasteiger partial charge on any atom is 0.112 e. The zero-order valence-electron chi connectivity index (χ0n) is 40.2. The molecule has 6 saturated carbocycles. The molecule has 1 saturated heterocycles. The van der Waals surface area contributed by atoms with Gasteiger partial charge in [-0.05, 0) is 244 Å². The molecule has 1 aromatic rings. The monoisotopic (exact) mass is 818 g/mol. The normalized spacial score (nSPS) is 48.6. The summed E-state index contributed by atoms with van der Waals surface area (Å²) in [5.74, 6) is 14.6. The molecule has 334 valence electrons. The number of ether oxygens (including phenoxy) is 1. The van der Waals surface area contributed by atoms with Crippen LogP contribution in [0.15, 0.2) is 54.3 Å². The molecule has 0 radical (unpaired) electrons. The fourth-order valence-corrected chi connectivity index (χ4v) is 18.8. The second-order valence-electron chi connectivity index (χ2n) is 25.4. The number of hydrogen-bond acceptors (Lipinski definition) is 2. The Balaban J connectivity index is 0.742. The summed E-state index contributed by atoms with van der Waals surface area (Å²) in [7, 11) is 0. The molecule has 6 aliphatic carbocycles. The second kappa shape index (κ2) is 17.4. The van der Waals surface area contributed by atoms with Crippen molar-refractivity contribution < 1.29 is 4.74 Å². The molecule has 0 bridgehead atoms. The Morgan fingerprint density at radius 2 is 1.27 bits per heavy atom. The molecule has 2 heterocycles. The molecular formula is C58H91NO. The summed E-state index contributed by atoms with van der Waals surface area (Å²) in [4.78, 5) is 2.76. The van der Waals surface area contributed by atoms with Crippen molar-refractivity contribution in [3.63, 3.8) is 0 Å². The van der Waals surface area contributed by atoms with Gasteiger partial charge in [-0.3, -0.25) is 4.90 Å². The molecule has 2 aliphatic heterocycles. The fourth-order valence-electron chi connectivity index (χ4n) is 18.8. The molecule has 10 unspecified atom stereocenters. The molecular weight excluding hydrogens is 727 g/mol. The van der Waals surface area contributed by atoms with Gasteiger partial charge in [-0.25, -0.2) is 0 Å². The van der Waals surface area contributed by atoms with Crippen LogP contribution in [0.4, 0.5) is 0 Å². The Labute approximate surface area is 370 Å². The third-order valence-corrected chi connectivity index (χ3v) is 21.9. The van der Waals surface area contributed by atoms with Crippen LogP contribution in [0.3, 0.4) is 0 Å². The maximum absolute atomic E-state index is 5.90. The minimum absolute atomic E-state index is 0.427. The zero-order valence-corrected chi connectivity index (χ0v) is 40.2. The van der Waals surface area contributed by atoms with E-state index in [4.69, 9.17) is 4.74 Å². The van der Waals surface area contributed by atoms with E-state index in [9.17, 15) is 0 Å². The number of allylic oxidation sites excluding steroid dienone is 1. The second-order valence-corrected chi connectivity index (χ2v) is 25.4. The summed E-state index contributed by atoms with van der Waals surface area (Å²) in [6.45, 7) is 30.2. The van der Waals surface area contributed by atoms with Crippen LogP contribution in [0.1, 0.15) is 177 Å². The van der Waals surface area contributed by atoms with Gasteiger partial charge in [0.05, 0.1) is 0 Å². The summed E-state index contributed by atoms with van der Waals surface area (Å²) in [6, 6.07) is 11.2. The topological polar surface area (TPSA) is 12.5 Å². The number of benzene rings is 1. The number of hydrogen-bond donors (Lipinski definition) is 0. The van der Waals surface area contributed by atoms with Crippen LogP contribution in [0.2, 0.25) is 0 Å². The van der Waals surface area contributed by atoms with E-state index in [0.717, 1.165) is 102 Å². The lowest BCUT2D eigenvalue weighted by molar-refractivity contribution is -0.156. The predicted octanol–water partition coefficient (Wildman–Crippen LogP) is 15.4. The van der Waals surface area contributed by atoms with Gasteiger partial charge in [-0.15, -0.1) is 0 Å². The maximum atomic E-state index is 5.90. The number of fused-ring (bicyclic) bond motifs is 5. The van der Waals surface area contributed by atoms with Crippen molar-refractivity contribution >= 4 is 0 Å². The largest absolute Gasteiger partial charge is 0.490 e. The molecule has 18 atom stereocenters.